The number of piperidine rings is 1. The highest BCUT2D eigenvalue weighted by Gasteiger charge is 2.55. The maximum atomic E-state index is 12.6. The normalized spacial score (nSPS) is 26.8. The van der Waals surface area contributed by atoms with Gasteiger partial charge in [-0.2, -0.15) is 0 Å². The zero-order valence-corrected chi connectivity index (χ0v) is 14.5. The van der Waals surface area contributed by atoms with Gasteiger partial charge in [-0.3, -0.25) is 24.0 Å². The predicted octanol–water partition coefficient (Wildman–Crippen LogP) is -0.957. The Hall–Kier alpha value is -2.71. The Morgan fingerprint density at radius 2 is 1.96 bits per heavy atom. The van der Waals surface area contributed by atoms with Gasteiger partial charge in [0.15, 0.2) is 0 Å². The molecule has 2 fully saturated rings. The Balaban J connectivity index is 1.97. The summed E-state index contributed by atoms with van der Waals surface area (Å²) < 4.78 is 2.04. The third-order valence-electron chi connectivity index (χ3n) is 5.02. The summed E-state index contributed by atoms with van der Waals surface area (Å²) in [6, 6.07) is -1.03. The standard InChI is InChI=1S/C16H22N6O3/c1-4-7-22-11-13(19(2)16(25)20(3)14(11)24)18-15(22)21-8-5-10(6-9-21)12(17)23/h4,10-11H,1,5-9H2,2-3H3,(H-,17,23)/p+1. The van der Waals surface area contributed by atoms with Crippen molar-refractivity contribution < 1.29 is 19.0 Å². The third kappa shape index (κ3) is 2.69. The van der Waals surface area contributed by atoms with Crippen LogP contribution in [0.3, 0.4) is 0 Å². The number of nitrogens with zero attached hydrogens (tertiary/aromatic N) is 5. The van der Waals surface area contributed by atoms with Crippen molar-refractivity contribution in [1.82, 2.24) is 14.7 Å². The molecule has 0 saturated carbocycles. The fourth-order valence-electron chi connectivity index (χ4n) is 3.53. The van der Waals surface area contributed by atoms with E-state index in [-0.39, 0.29) is 17.7 Å². The first kappa shape index (κ1) is 17.1. The second-order valence-corrected chi connectivity index (χ2v) is 6.52. The van der Waals surface area contributed by atoms with Crippen molar-refractivity contribution >= 4 is 29.6 Å². The number of carbonyl (C=O) groups excluding carboxylic acids is 3. The number of hydrogen-bond acceptors (Lipinski definition) is 3. The number of urea groups is 1. The highest BCUT2D eigenvalue weighted by atomic mass is 16.2. The van der Waals surface area contributed by atoms with Crippen LogP contribution in [0.1, 0.15) is 12.8 Å². The third-order valence-corrected chi connectivity index (χ3v) is 5.02. The number of carbonyl (C=O) groups is 3. The summed E-state index contributed by atoms with van der Waals surface area (Å²) in [4.78, 5) is 45.2. The van der Waals surface area contributed by atoms with E-state index >= 15 is 0 Å². The summed E-state index contributed by atoms with van der Waals surface area (Å²) in [5, 5.41) is 0. The van der Waals surface area contributed by atoms with E-state index in [1.165, 1.54) is 11.9 Å². The van der Waals surface area contributed by atoms with Crippen LogP contribution in [0.4, 0.5) is 4.79 Å². The van der Waals surface area contributed by atoms with E-state index < -0.39 is 12.1 Å². The topological polar surface area (TPSA) is 102 Å². The largest absolute Gasteiger partial charge is 0.392 e. The van der Waals surface area contributed by atoms with Gasteiger partial charge in [0.2, 0.25) is 17.8 Å². The number of aliphatic imine (C=N–C) groups is 1. The Morgan fingerprint density at radius 3 is 2.52 bits per heavy atom. The van der Waals surface area contributed by atoms with Gasteiger partial charge in [0, 0.05) is 20.0 Å². The molecule has 1 atom stereocenters. The lowest BCUT2D eigenvalue weighted by Crippen LogP contribution is -2.62. The van der Waals surface area contributed by atoms with Gasteiger partial charge in [0.05, 0.1) is 19.6 Å². The lowest BCUT2D eigenvalue weighted by atomic mass is 9.97. The molecule has 2 saturated heterocycles. The first-order chi connectivity index (χ1) is 11.9. The van der Waals surface area contributed by atoms with Crippen LogP contribution in [-0.2, 0) is 9.59 Å². The molecule has 3 aliphatic rings. The van der Waals surface area contributed by atoms with Crippen molar-refractivity contribution in [3.63, 3.8) is 0 Å². The minimum absolute atomic E-state index is 0.127. The summed E-state index contributed by atoms with van der Waals surface area (Å²) in [6.07, 6.45) is 3.01. The number of amidine groups is 1. The molecule has 0 aromatic carbocycles. The molecule has 0 aliphatic carbocycles. The monoisotopic (exact) mass is 347 g/mol. The molecule has 0 aromatic rings. The van der Waals surface area contributed by atoms with E-state index in [2.05, 4.69) is 11.6 Å². The van der Waals surface area contributed by atoms with Crippen molar-refractivity contribution in [2.24, 2.45) is 16.6 Å². The van der Waals surface area contributed by atoms with Crippen molar-refractivity contribution in [2.45, 2.75) is 18.9 Å². The molecular formula is C16H23N6O3+. The molecule has 9 heteroatoms. The number of primary amides is 1. The smallest absolute Gasteiger partial charge is 0.369 e. The van der Waals surface area contributed by atoms with Crippen LogP contribution in [-0.4, -0.2) is 88.7 Å². The molecule has 0 aromatic heterocycles. The first-order valence-corrected chi connectivity index (χ1v) is 8.29. The van der Waals surface area contributed by atoms with Crippen molar-refractivity contribution in [3.8, 4) is 0 Å². The molecule has 0 bridgehead atoms. The average molecular weight is 347 g/mol. The quantitative estimate of drug-likeness (QED) is 0.525. The Bertz CT molecular complexity index is 703. The minimum atomic E-state index is -0.630. The number of rotatable bonds is 3. The average Bonchev–Trinajstić information content (AvgIpc) is 2.98. The number of likely N-dealkylation sites (N-methyl/N-ethyl adjacent to an activating group) is 2. The molecule has 0 spiro atoms. The van der Waals surface area contributed by atoms with Crippen LogP contribution in [0.25, 0.3) is 0 Å². The van der Waals surface area contributed by atoms with Crippen LogP contribution in [0, 0.1) is 5.92 Å². The summed E-state index contributed by atoms with van der Waals surface area (Å²) in [5.74, 6) is 0.373. The molecule has 3 aliphatic heterocycles. The van der Waals surface area contributed by atoms with Gasteiger partial charge < -0.3 is 5.73 Å². The molecule has 1 unspecified atom stereocenters. The number of hydrogen-bond donors (Lipinski definition) is 1. The molecule has 3 rings (SSSR count). The van der Waals surface area contributed by atoms with E-state index in [9.17, 15) is 14.4 Å². The number of guanidine groups is 1. The summed E-state index contributed by atoms with van der Waals surface area (Å²) in [6.45, 7) is 5.45. The second kappa shape index (κ2) is 6.30. The van der Waals surface area contributed by atoms with Crippen molar-refractivity contribution in [3.05, 3.63) is 12.7 Å². The van der Waals surface area contributed by atoms with E-state index in [4.69, 9.17) is 5.73 Å². The van der Waals surface area contributed by atoms with Gasteiger partial charge in [-0.1, -0.05) is 17.6 Å². The lowest BCUT2D eigenvalue weighted by Gasteiger charge is -2.33. The van der Waals surface area contributed by atoms with Gasteiger partial charge in [-0.15, -0.1) is 0 Å². The number of imide groups is 1. The summed E-state index contributed by atoms with van der Waals surface area (Å²) >= 11 is 0. The number of fused-ring (bicyclic) bond motifs is 1. The Labute approximate surface area is 146 Å². The van der Waals surface area contributed by atoms with E-state index in [1.54, 1.807) is 13.1 Å². The van der Waals surface area contributed by atoms with E-state index in [0.717, 1.165) is 4.90 Å². The molecule has 25 heavy (non-hydrogen) atoms. The van der Waals surface area contributed by atoms with Crippen LogP contribution in [0.15, 0.2) is 17.6 Å². The van der Waals surface area contributed by atoms with Gasteiger partial charge in [0.1, 0.15) is 0 Å². The van der Waals surface area contributed by atoms with Gasteiger partial charge in [-0.05, 0) is 12.8 Å². The van der Waals surface area contributed by atoms with Crippen molar-refractivity contribution in [1.29, 1.82) is 0 Å². The maximum absolute atomic E-state index is 12.6. The van der Waals surface area contributed by atoms with Gasteiger partial charge in [-0.25, -0.2) is 9.69 Å². The molecule has 2 N–H and O–H groups in total. The number of nitrogens with two attached hydrogens (primary N) is 1. The summed E-state index contributed by atoms with van der Waals surface area (Å²) in [5.41, 5.74) is 5.39. The van der Waals surface area contributed by atoms with E-state index in [1.807, 2.05) is 9.48 Å². The second-order valence-electron chi connectivity index (χ2n) is 6.52. The molecule has 9 nitrogen and oxygen atoms in total. The minimum Gasteiger partial charge on any atom is -0.369 e. The first-order valence-electron chi connectivity index (χ1n) is 8.29. The van der Waals surface area contributed by atoms with Crippen LogP contribution >= 0.6 is 0 Å². The Morgan fingerprint density at radius 1 is 1.32 bits per heavy atom. The Kier molecular flexibility index (Phi) is 4.32. The zero-order valence-electron chi connectivity index (χ0n) is 14.5. The highest BCUT2D eigenvalue weighted by molar-refractivity contribution is 6.25. The SMILES string of the molecule is C=CCN1C(=[N+]2CCC(C(N)=O)CC2)N=C2C1C(=O)N(C)C(=O)N2C. The highest BCUT2D eigenvalue weighted by Crippen LogP contribution is 2.24. The van der Waals surface area contributed by atoms with E-state index in [0.29, 0.717) is 44.3 Å². The van der Waals surface area contributed by atoms with Gasteiger partial charge >= 0.3 is 12.0 Å². The number of amides is 4. The zero-order chi connectivity index (χ0) is 18.3. The van der Waals surface area contributed by atoms with Crippen LogP contribution in [0.2, 0.25) is 0 Å². The van der Waals surface area contributed by atoms with Crippen molar-refractivity contribution in [2.75, 3.05) is 33.7 Å². The molecule has 0 radical (unpaired) electrons. The van der Waals surface area contributed by atoms with Crippen LogP contribution < -0.4 is 5.73 Å². The fourth-order valence-corrected chi connectivity index (χ4v) is 3.53. The summed E-state index contributed by atoms with van der Waals surface area (Å²) in [7, 11) is 3.09. The molecule has 3 heterocycles. The lowest BCUT2D eigenvalue weighted by molar-refractivity contribution is -0.544. The van der Waals surface area contributed by atoms with Gasteiger partial charge in [0.25, 0.3) is 5.91 Å². The maximum Gasteiger partial charge on any atom is 0.392 e. The molecule has 4 amide bonds. The molecule has 134 valence electrons. The fraction of sp³-hybridized carbons (Fsp3) is 0.562. The predicted molar refractivity (Wildman–Crippen MR) is 91.0 cm³/mol. The van der Waals surface area contributed by atoms with Crippen LogP contribution in [0.5, 0.6) is 0 Å². The molecular weight excluding hydrogens is 324 g/mol.